The average molecular weight is 196 g/mol. The molecule has 0 aromatic heterocycles. The van der Waals surface area contributed by atoms with Gasteiger partial charge < -0.3 is 10.3 Å². The van der Waals surface area contributed by atoms with E-state index in [1.807, 2.05) is 0 Å². The van der Waals surface area contributed by atoms with Gasteiger partial charge in [0.05, 0.1) is 6.21 Å². The van der Waals surface area contributed by atoms with Crippen LogP contribution >= 0.6 is 0 Å². The second-order valence-electron chi connectivity index (χ2n) is 3.84. The Labute approximate surface area is 86.1 Å². The number of amidine groups is 1. The van der Waals surface area contributed by atoms with Crippen molar-refractivity contribution in [1.82, 2.24) is 9.80 Å². The molecular weight excluding hydrogens is 176 g/mol. The summed E-state index contributed by atoms with van der Waals surface area (Å²) in [6.07, 6.45) is 1.34. The van der Waals surface area contributed by atoms with Crippen LogP contribution in [-0.4, -0.2) is 61.1 Å². The molecule has 0 atom stereocenters. The fourth-order valence-corrected chi connectivity index (χ4v) is 1.76. The highest BCUT2D eigenvalue weighted by Gasteiger charge is 2.19. The van der Waals surface area contributed by atoms with Gasteiger partial charge in [0.25, 0.3) is 0 Å². The lowest BCUT2D eigenvalue weighted by molar-refractivity contribution is 0.150. The van der Waals surface area contributed by atoms with Crippen LogP contribution in [-0.2, 0) is 0 Å². The second kappa shape index (κ2) is 5.10. The molecule has 0 aromatic carbocycles. The average Bonchev–Trinajstić information content (AvgIpc) is 2.20. The SMILES string of the molecule is CN=C(C=N)N1CCN(C(C)C)CC1. The molecule has 1 heterocycles. The van der Waals surface area contributed by atoms with Gasteiger partial charge in [-0.1, -0.05) is 0 Å². The highest BCUT2D eigenvalue weighted by atomic mass is 15.3. The number of aliphatic imine (C=N–C) groups is 1. The summed E-state index contributed by atoms with van der Waals surface area (Å²) in [4.78, 5) is 8.71. The van der Waals surface area contributed by atoms with Crippen LogP contribution in [0.15, 0.2) is 4.99 Å². The lowest BCUT2D eigenvalue weighted by Crippen LogP contribution is -2.51. The highest BCUT2D eigenvalue weighted by Crippen LogP contribution is 2.05. The van der Waals surface area contributed by atoms with Gasteiger partial charge in [-0.25, -0.2) is 0 Å². The Balaban J connectivity index is 2.46. The fraction of sp³-hybridized carbons (Fsp3) is 0.800. The van der Waals surface area contributed by atoms with E-state index in [4.69, 9.17) is 5.41 Å². The van der Waals surface area contributed by atoms with E-state index < -0.39 is 0 Å². The van der Waals surface area contributed by atoms with Crippen molar-refractivity contribution in [2.24, 2.45) is 4.99 Å². The lowest BCUT2D eigenvalue weighted by atomic mass is 10.2. The van der Waals surface area contributed by atoms with Crippen LogP contribution < -0.4 is 0 Å². The van der Waals surface area contributed by atoms with E-state index in [0.29, 0.717) is 6.04 Å². The molecule has 1 saturated heterocycles. The second-order valence-corrected chi connectivity index (χ2v) is 3.84. The van der Waals surface area contributed by atoms with Crippen molar-refractivity contribution in [2.45, 2.75) is 19.9 Å². The Kier molecular flexibility index (Phi) is 4.07. The van der Waals surface area contributed by atoms with Gasteiger partial charge in [0, 0.05) is 39.3 Å². The topological polar surface area (TPSA) is 42.7 Å². The van der Waals surface area contributed by atoms with Crippen LogP contribution in [0.3, 0.4) is 0 Å². The van der Waals surface area contributed by atoms with Gasteiger partial charge in [-0.2, -0.15) is 0 Å². The van der Waals surface area contributed by atoms with Crippen molar-refractivity contribution < 1.29 is 0 Å². The minimum absolute atomic E-state index is 0.624. The molecule has 0 radical (unpaired) electrons. The molecule has 0 aliphatic carbocycles. The molecule has 0 aromatic rings. The van der Waals surface area contributed by atoms with E-state index in [0.717, 1.165) is 32.0 Å². The Morgan fingerprint density at radius 2 is 1.86 bits per heavy atom. The van der Waals surface area contributed by atoms with Crippen LogP contribution in [0.1, 0.15) is 13.8 Å². The first-order valence-corrected chi connectivity index (χ1v) is 5.15. The number of hydrogen-bond acceptors (Lipinski definition) is 3. The molecule has 4 nitrogen and oxygen atoms in total. The summed E-state index contributed by atoms with van der Waals surface area (Å²) in [6.45, 7) is 8.57. The third-order valence-electron chi connectivity index (χ3n) is 2.73. The van der Waals surface area contributed by atoms with E-state index >= 15 is 0 Å². The van der Waals surface area contributed by atoms with E-state index in [1.54, 1.807) is 7.05 Å². The van der Waals surface area contributed by atoms with Crippen molar-refractivity contribution in [3.05, 3.63) is 0 Å². The molecule has 1 fully saturated rings. The summed E-state index contributed by atoms with van der Waals surface area (Å²) < 4.78 is 0. The van der Waals surface area contributed by atoms with Crippen LogP contribution in [0.25, 0.3) is 0 Å². The summed E-state index contributed by atoms with van der Waals surface area (Å²) in [5.41, 5.74) is 0. The first kappa shape index (κ1) is 11.2. The Morgan fingerprint density at radius 3 is 2.21 bits per heavy atom. The van der Waals surface area contributed by atoms with Crippen molar-refractivity contribution in [2.75, 3.05) is 33.2 Å². The number of rotatable bonds is 2. The van der Waals surface area contributed by atoms with Gasteiger partial charge in [0.15, 0.2) is 0 Å². The Bertz CT molecular complexity index is 214. The smallest absolute Gasteiger partial charge is 0.141 e. The summed E-state index contributed by atoms with van der Waals surface area (Å²) in [5, 5.41) is 7.22. The number of nitrogens with one attached hydrogen (secondary N) is 1. The number of nitrogens with zero attached hydrogens (tertiary/aromatic N) is 3. The van der Waals surface area contributed by atoms with E-state index in [9.17, 15) is 0 Å². The molecule has 4 heteroatoms. The van der Waals surface area contributed by atoms with E-state index in [2.05, 4.69) is 28.6 Å². The first-order valence-electron chi connectivity index (χ1n) is 5.15. The van der Waals surface area contributed by atoms with Gasteiger partial charge in [-0.15, -0.1) is 0 Å². The standard InChI is InChI=1S/C10H20N4/c1-9(2)13-4-6-14(7-5-13)10(8-11)12-3/h8-9,11H,4-7H2,1-3H3. The molecule has 14 heavy (non-hydrogen) atoms. The maximum Gasteiger partial charge on any atom is 0.141 e. The van der Waals surface area contributed by atoms with Gasteiger partial charge in [-0.3, -0.25) is 9.89 Å². The maximum atomic E-state index is 7.22. The van der Waals surface area contributed by atoms with Crippen LogP contribution in [0.5, 0.6) is 0 Å². The maximum absolute atomic E-state index is 7.22. The van der Waals surface area contributed by atoms with Crippen molar-refractivity contribution in [3.8, 4) is 0 Å². The largest absolute Gasteiger partial charge is 0.353 e. The molecule has 0 unspecified atom stereocenters. The predicted molar refractivity (Wildman–Crippen MR) is 60.4 cm³/mol. The normalized spacial score (nSPS) is 20.3. The zero-order chi connectivity index (χ0) is 10.6. The third-order valence-corrected chi connectivity index (χ3v) is 2.73. The molecule has 1 aliphatic heterocycles. The summed E-state index contributed by atoms with van der Waals surface area (Å²) in [5.74, 6) is 0.799. The van der Waals surface area contributed by atoms with Crippen molar-refractivity contribution in [3.63, 3.8) is 0 Å². The van der Waals surface area contributed by atoms with Gasteiger partial charge in [-0.05, 0) is 13.8 Å². The molecule has 0 saturated carbocycles. The lowest BCUT2D eigenvalue weighted by Gasteiger charge is -2.37. The fourth-order valence-electron chi connectivity index (χ4n) is 1.76. The molecular formula is C10H20N4. The quantitative estimate of drug-likeness (QED) is 0.521. The molecule has 0 bridgehead atoms. The Hall–Kier alpha value is -0.900. The zero-order valence-electron chi connectivity index (χ0n) is 9.32. The third kappa shape index (κ3) is 2.54. The predicted octanol–water partition coefficient (Wildman–Crippen LogP) is 0.690. The minimum atomic E-state index is 0.624. The monoisotopic (exact) mass is 196 g/mol. The molecule has 1 rings (SSSR count). The molecule has 80 valence electrons. The number of hydrogen-bond donors (Lipinski definition) is 1. The molecule has 0 spiro atoms. The summed E-state index contributed by atoms with van der Waals surface area (Å²) >= 11 is 0. The van der Waals surface area contributed by atoms with E-state index in [1.165, 1.54) is 6.21 Å². The Morgan fingerprint density at radius 1 is 1.29 bits per heavy atom. The van der Waals surface area contributed by atoms with Crippen molar-refractivity contribution >= 4 is 12.1 Å². The summed E-state index contributed by atoms with van der Waals surface area (Å²) in [7, 11) is 1.75. The molecule has 0 amide bonds. The minimum Gasteiger partial charge on any atom is -0.353 e. The van der Waals surface area contributed by atoms with Crippen LogP contribution in [0, 0.1) is 5.41 Å². The van der Waals surface area contributed by atoms with E-state index in [-0.39, 0.29) is 0 Å². The highest BCUT2D eigenvalue weighted by molar-refractivity contribution is 6.28. The van der Waals surface area contributed by atoms with Gasteiger partial charge in [0.2, 0.25) is 0 Å². The zero-order valence-corrected chi connectivity index (χ0v) is 9.32. The number of piperazine rings is 1. The van der Waals surface area contributed by atoms with Crippen LogP contribution in [0.4, 0.5) is 0 Å². The first-order chi connectivity index (χ1) is 6.69. The molecule has 1 N–H and O–H groups in total. The van der Waals surface area contributed by atoms with Crippen molar-refractivity contribution in [1.29, 1.82) is 5.41 Å². The van der Waals surface area contributed by atoms with Gasteiger partial charge in [0.1, 0.15) is 5.84 Å². The molecule has 1 aliphatic rings. The summed E-state index contributed by atoms with van der Waals surface area (Å²) in [6, 6.07) is 0.624. The van der Waals surface area contributed by atoms with Gasteiger partial charge >= 0.3 is 0 Å². The van der Waals surface area contributed by atoms with Crippen LogP contribution in [0.2, 0.25) is 0 Å².